The van der Waals surface area contributed by atoms with E-state index in [0.717, 1.165) is 6.42 Å². The fourth-order valence-corrected chi connectivity index (χ4v) is 4.59. The van der Waals surface area contributed by atoms with Crippen LogP contribution in [0.3, 0.4) is 0 Å². The molecule has 2 heterocycles. The van der Waals surface area contributed by atoms with E-state index >= 15 is 0 Å². The van der Waals surface area contributed by atoms with Crippen molar-refractivity contribution in [2.45, 2.75) is 31.8 Å². The summed E-state index contributed by atoms with van der Waals surface area (Å²) >= 11 is 1.46. The lowest BCUT2D eigenvalue weighted by atomic mass is 10.0. The third-order valence-electron chi connectivity index (χ3n) is 5.71. The zero-order valence-corrected chi connectivity index (χ0v) is 18.9. The van der Waals surface area contributed by atoms with Crippen molar-refractivity contribution >= 4 is 28.7 Å². The molecule has 1 aromatic heterocycles. The van der Waals surface area contributed by atoms with Crippen LogP contribution in [0.4, 0.5) is 0 Å². The fraction of sp³-hybridized carbons (Fsp3) is 0.269. The topological polar surface area (TPSA) is 73.3 Å². The first-order valence-electron chi connectivity index (χ1n) is 10.8. The number of thiophene rings is 1. The highest BCUT2D eigenvalue weighted by atomic mass is 32.1. The molecule has 0 radical (unpaired) electrons. The average Bonchev–Trinajstić information content (AvgIpc) is 3.31. The number of likely N-dealkylation sites (tertiary alicyclic amines) is 1. The van der Waals surface area contributed by atoms with E-state index in [1.807, 2.05) is 59.7 Å². The van der Waals surface area contributed by atoms with Crippen LogP contribution >= 0.6 is 11.3 Å². The molecule has 4 rings (SSSR count). The lowest BCUT2D eigenvalue weighted by Crippen LogP contribution is -2.61. The molecule has 3 aromatic rings. The van der Waals surface area contributed by atoms with Gasteiger partial charge in [0.05, 0.1) is 5.71 Å². The molecule has 2 aromatic carbocycles. The van der Waals surface area contributed by atoms with Crippen molar-refractivity contribution in [3.8, 4) is 0 Å². The summed E-state index contributed by atoms with van der Waals surface area (Å²) in [5, 5.41) is 15.1. The molecule has 0 aliphatic carbocycles. The van der Waals surface area contributed by atoms with Crippen LogP contribution in [0.2, 0.25) is 0 Å². The minimum Gasteiger partial charge on any atom is -0.335 e. The quantitative estimate of drug-likeness (QED) is 0.378. The molecule has 0 bridgehead atoms. The van der Waals surface area contributed by atoms with E-state index in [9.17, 15) is 9.59 Å². The molecule has 164 valence electrons. The second-order valence-electron chi connectivity index (χ2n) is 8.36. The van der Waals surface area contributed by atoms with Crippen LogP contribution in [0.1, 0.15) is 45.2 Å². The van der Waals surface area contributed by atoms with Gasteiger partial charge in [-0.2, -0.15) is 11.3 Å². The van der Waals surface area contributed by atoms with Gasteiger partial charge >= 0.3 is 0 Å². The lowest BCUT2D eigenvalue weighted by molar-refractivity contribution is 0.0555. The van der Waals surface area contributed by atoms with Crippen molar-refractivity contribution in [2.75, 3.05) is 13.1 Å². The number of amides is 1. The van der Waals surface area contributed by atoms with Crippen LogP contribution in [0.25, 0.3) is 0 Å². The van der Waals surface area contributed by atoms with Crippen molar-refractivity contribution in [2.24, 2.45) is 0 Å². The Kier molecular flexibility index (Phi) is 6.93. The summed E-state index contributed by atoms with van der Waals surface area (Å²) in [7, 11) is 0. The summed E-state index contributed by atoms with van der Waals surface area (Å²) < 4.78 is 0. The molecule has 1 fully saturated rings. The predicted molar refractivity (Wildman–Crippen MR) is 129 cm³/mol. The van der Waals surface area contributed by atoms with Crippen LogP contribution in [0, 0.1) is 5.41 Å². The Labute approximate surface area is 192 Å². The van der Waals surface area contributed by atoms with E-state index in [4.69, 9.17) is 5.41 Å². The number of ketones is 1. The monoisotopic (exact) mass is 445 g/mol. The van der Waals surface area contributed by atoms with Gasteiger partial charge in [-0.05, 0) is 48.1 Å². The molecule has 5 nitrogen and oxygen atoms in total. The SMILES string of the molecule is CC(CC(=N)C(=O)c1ccsc1)NC1CN(C(=O)c2ccc(Cc3ccccc3)cc2)C1. The maximum atomic E-state index is 12.7. The van der Waals surface area contributed by atoms with Gasteiger partial charge < -0.3 is 15.6 Å². The average molecular weight is 446 g/mol. The number of nitrogens with one attached hydrogen (secondary N) is 2. The van der Waals surface area contributed by atoms with E-state index in [2.05, 4.69) is 17.4 Å². The van der Waals surface area contributed by atoms with Gasteiger partial charge in [-0.15, -0.1) is 0 Å². The first-order valence-corrected chi connectivity index (χ1v) is 11.8. The Bertz CT molecular complexity index is 1070. The van der Waals surface area contributed by atoms with Crippen molar-refractivity contribution in [1.82, 2.24) is 10.2 Å². The van der Waals surface area contributed by atoms with E-state index < -0.39 is 0 Å². The van der Waals surface area contributed by atoms with Gasteiger partial charge in [-0.1, -0.05) is 42.5 Å². The van der Waals surface area contributed by atoms with Gasteiger partial charge in [0.25, 0.3) is 5.91 Å². The first kappa shape index (κ1) is 22.1. The van der Waals surface area contributed by atoms with E-state index in [0.29, 0.717) is 30.6 Å². The molecule has 1 aliphatic heterocycles. The molecule has 1 unspecified atom stereocenters. The lowest BCUT2D eigenvalue weighted by Gasteiger charge is -2.41. The molecule has 6 heteroatoms. The van der Waals surface area contributed by atoms with Gasteiger partial charge in [-0.25, -0.2) is 0 Å². The number of Topliss-reactive ketones (excluding diaryl/α,β-unsaturated/α-hetero) is 1. The van der Waals surface area contributed by atoms with Gasteiger partial charge in [0.2, 0.25) is 5.78 Å². The van der Waals surface area contributed by atoms with Crippen molar-refractivity contribution in [3.05, 3.63) is 93.7 Å². The summed E-state index contributed by atoms with van der Waals surface area (Å²) in [6.45, 7) is 3.26. The van der Waals surface area contributed by atoms with Crippen molar-refractivity contribution in [3.63, 3.8) is 0 Å². The van der Waals surface area contributed by atoms with E-state index in [1.165, 1.54) is 22.5 Å². The molecular weight excluding hydrogens is 418 g/mol. The van der Waals surface area contributed by atoms with Crippen LogP contribution in [0.5, 0.6) is 0 Å². The molecule has 2 N–H and O–H groups in total. The Morgan fingerprint density at radius 2 is 1.72 bits per heavy atom. The summed E-state index contributed by atoms with van der Waals surface area (Å²) in [6.07, 6.45) is 1.23. The molecule has 32 heavy (non-hydrogen) atoms. The second-order valence-corrected chi connectivity index (χ2v) is 9.14. The summed E-state index contributed by atoms with van der Waals surface area (Å²) in [6, 6.07) is 20.1. The third kappa shape index (κ3) is 5.39. The molecule has 1 aliphatic rings. The normalized spacial score (nSPS) is 14.6. The van der Waals surface area contributed by atoms with Crippen molar-refractivity contribution in [1.29, 1.82) is 5.41 Å². The zero-order chi connectivity index (χ0) is 22.5. The molecule has 1 atom stereocenters. The summed E-state index contributed by atoms with van der Waals surface area (Å²) in [5.41, 5.74) is 3.84. The highest BCUT2D eigenvalue weighted by Crippen LogP contribution is 2.17. The van der Waals surface area contributed by atoms with E-state index in [-0.39, 0.29) is 29.5 Å². The molecule has 0 saturated carbocycles. The highest BCUT2D eigenvalue weighted by Gasteiger charge is 2.32. The number of rotatable bonds is 9. The van der Waals surface area contributed by atoms with E-state index in [1.54, 1.807) is 11.4 Å². The molecule has 0 spiro atoms. The maximum absolute atomic E-state index is 12.7. The summed E-state index contributed by atoms with van der Waals surface area (Å²) in [5.74, 6) is -0.164. The highest BCUT2D eigenvalue weighted by molar-refractivity contribution is 7.08. The molecular formula is C26H27N3O2S. The van der Waals surface area contributed by atoms with Gasteiger partial charge in [-0.3, -0.25) is 9.59 Å². The van der Waals surface area contributed by atoms with Gasteiger partial charge in [0.15, 0.2) is 0 Å². The number of hydrogen-bond acceptors (Lipinski definition) is 5. The molecule has 1 amide bonds. The fourth-order valence-electron chi connectivity index (χ4n) is 3.96. The Morgan fingerprint density at radius 3 is 2.38 bits per heavy atom. The number of carbonyl (C=O) groups is 2. The van der Waals surface area contributed by atoms with Crippen molar-refractivity contribution < 1.29 is 9.59 Å². The first-order chi connectivity index (χ1) is 15.5. The summed E-state index contributed by atoms with van der Waals surface area (Å²) in [4.78, 5) is 26.8. The number of carbonyl (C=O) groups excluding carboxylic acids is 2. The number of hydrogen-bond donors (Lipinski definition) is 2. The third-order valence-corrected chi connectivity index (χ3v) is 6.39. The number of nitrogens with zero attached hydrogens (tertiary/aromatic N) is 1. The Hall–Kier alpha value is -3.09. The zero-order valence-electron chi connectivity index (χ0n) is 18.1. The Balaban J connectivity index is 1.22. The predicted octanol–water partition coefficient (Wildman–Crippen LogP) is 4.43. The van der Waals surface area contributed by atoms with Crippen LogP contribution in [0.15, 0.2) is 71.4 Å². The maximum Gasteiger partial charge on any atom is 0.253 e. The minimum absolute atomic E-state index is 0.00427. The van der Waals surface area contributed by atoms with Gasteiger partial charge in [0.1, 0.15) is 0 Å². The standard InChI is InChI=1S/C26H27N3O2S/c1-18(13-24(27)25(30)22-11-12-32-17-22)28-23-15-29(16-23)26(31)21-9-7-20(8-10-21)14-19-5-3-2-4-6-19/h2-12,17-18,23,27-28H,13-16H2,1H3. The largest absolute Gasteiger partial charge is 0.335 e. The van der Waals surface area contributed by atoms with Crippen LogP contribution in [-0.2, 0) is 6.42 Å². The smallest absolute Gasteiger partial charge is 0.253 e. The Morgan fingerprint density at radius 1 is 1.03 bits per heavy atom. The van der Waals surface area contributed by atoms with Crippen LogP contribution < -0.4 is 5.32 Å². The van der Waals surface area contributed by atoms with Crippen LogP contribution in [-0.4, -0.2) is 47.5 Å². The second kappa shape index (κ2) is 10.0. The minimum atomic E-state index is -0.207. The van der Waals surface area contributed by atoms with Gasteiger partial charge in [0, 0.05) is 48.1 Å². The number of benzene rings is 2. The molecule has 1 saturated heterocycles.